The van der Waals surface area contributed by atoms with Crippen molar-refractivity contribution in [2.24, 2.45) is 0 Å². The van der Waals surface area contributed by atoms with E-state index in [2.05, 4.69) is 10.3 Å². The van der Waals surface area contributed by atoms with Gasteiger partial charge in [0, 0.05) is 22.2 Å². The number of rotatable bonds is 7. The highest BCUT2D eigenvalue weighted by atomic mass is 35.5. The molecular formula is C28H23ClFN3O3S. The fraction of sp³-hybridized carbons (Fsp3) is 0.214. The number of halogens is 2. The first-order valence-corrected chi connectivity index (χ1v) is 13.3. The van der Waals surface area contributed by atoms with E-state index in [-0.39, 0.29) is 34.2 Å². The fourth-order valence-corrected chi connectivity index (χ4v) is 5.44. The van der Waals surface area contributed by atoms with Gasteiger partial charge in [-0.05, 0) is 79.6 Å². The van der Waals surface area contributed by atoms with Crippen molar-refractivity contribution in [1.82, 2.24) is 14.9 Å². The molecular weight excluding hydrogens is 513 g/mol. The number of aromatic nitrogens is 2. The number of benzene rings is 3. The van der Waals surface area contributed by atoms with E-state index in [1.165, 1.54) is 28.8 Å². The quantitative estimate of drug-likeness (QED) is 0.183. The molecule has 0 atom stereocenters. The maximum atomic E-state index is 13.6. The Hall–Kier alpha value is -3.49. The number of hydrogen-bond acceptors (Lipinski definition) is 5. The SMILES string of the molecule is O=C(CSc1nc2cc(C(=O)NC3CCCC3)ccc2c(=O)n1-c1ccc(F)cc1)c1ccc(Cl)cc1. The van der Waals surface area contributed by atoms with E-state index in [0.29, 0.717) is 32.7 Å². The van der Waals surface area contributed by atoms with Crippen molar-refractivity contribution in [3.8, 4) is 5.69 Å². The van der Waals surface area contributed by atoms with E-state index in [9.17, 15) is 18.8 Å². The molecule has 1 amide bonds. The Bertz CT molecular complexity index is 1530. The third-order valence-corrected chi connectivity index (χ3v) is 7.57. The van der Waals surface area contributed by atoms with Gasteiger partial charge in [0.15, 0.2) is 10.9 Å². The van der Waals surface area contributed by atoms with E-state index in [4.69, 9.17) is 11.6 Å². The van der Waals surface area contributed by atoms with Gasteiger partial charge in [0.1, 0.15) is 5.82 Å². The topological polar surface area (TPSA) is 81.1 Å². The Morgan fingerprint density at radius 2 is 1.68 bits per heavy atom. The molecule has 0 unspecified atom stereocenters. The number of nitrogens with one attached hydrogen (secondary N) is 1. The van der Waals surface area contributed by atoms with Crippen LogP contribution in [0.15, 0.2) is 76.7 Å². The van der Waals surface area contributed by atoms with Crippen LogP contribution < -0.4 is 10.9 Å². The Balaban J connectivity index is 1.52. The van der Waals surface area contributed by atoms with Crippen LogP contribution >= 0.6 is 23.4 Å². The molecule has 0 saturated heterocycles. The van der Waals surface area contributed by atoms with E-state index < -0.39 is 5.82 Å². The maximum Gasteiger partial charge on any atom is 0.266 e. The molecule has 1 saturated carbocycles. The van der Waals surface area contributed by atoms with Crippen LogP contribution in [0.1, 0.15) is 46.4 Å². The van der Waals surface area contributed by atoms with Crippen molar-refractivity contribution in [3.05, 3.63) is 99.1 Å². The second-order valence-corrected chi connectivity index (χ2v) is 10.3. The van der Waals surface area contributed by atoms with Gasteiger partial charge in [-0.2, -0.15) is 0 Å². The molecule has 0 radical (unpaired) electrons. The highest BCUT2D eigenvalue weighted by molar-refractivity contribution is 7.99. The molecule has 1 N–H and O–H groups in total. The van der Waals surface area contributed by atoms with Crippen LogP contribution in [0.25, 0.3) is 16.6 Å². The average Bonchev–Trinajstić information content (AvgIpc) is 3.41. The number of carbonyl (C=O) groups excluding carboxylic acids is 2. The lowest BCUT2D eigenvalue weighted by atomic mass is 10.1. The van der Waals surface area contributed by atoms with E-state index in [0.717, 1.165) is 37.4 Å². The summed E-state index contributed by atoms with van der Waals surface area (Å²) in [6.45, 7) is 0. The first-order chi connectivity index (χ1) is 17.9. The maximum absolute atomic E-state index is 13.6. The summed E-state index contributed by atoms with van der Waals surface area (Å²) in [5, 5.41) is 4.15. The van der Waals surface area contributed by atoms with Gasteiger partial charge in [0.05, 0.1) is 22.3 Å². The number of thioether (sulfide) groups is 1. The van der Waals surface area contributed by atoms with Crippen LogP contribution in [0.2, 0.25) is 5.02 Å². The Morgan fingerprint density at radius 3 is 2.38 bits per heavy atom. The van der Waals surface area contributed by atoms with E-state index >= 15 is 0 Å². The Morgan fingerprint density at radius 1 is 1.00 bits per heavy atom. The molecule has 0 aliphatic heterocycles. The van der Waals surface area contributed by atoms with Gasteiger partial charge in [-0.1, -0.05) is 36.2 Å². The van der Waals surface area contributed by atoms with Gasteiger partial charge < -0.3 is 5.32 Å². The first kappa shape index (κ1) is 25.2. The lowest BCUT2D eigenvalue weighted by Crippen LogP contribution is -2.32. The molecule has 3 aromatic carbocycles. The minimum atomic E-state index is -0.435. The number of amides is 1. The molecule has 1 fully saturated rings. The summed E-state index contributed by atoms with van der Waals surface area (Å²) in [6.07, 6.45) is 4.12. The number of nitrogens with zero attached hydrogens (tertiary/aromatic N) is 2. The number of ketones is 1. The van der Waals surface area contributed by atoms with Gasteiger partial charge in [-0.15, -0.1) is 0 Å². The van der Waals surface area contributed by atoms with Gasteiger partial charge in [0.2, 0.25) is 0 Å². The van der Waals surface area contributed by atoms with Crippen molar-refractivity contribution < 1.29 is 14.0 Å². The molecule has 5 rings (SSSR count). The number of Topliss-reactive ketones (excluding diaryl/α,β-unsaturated/α-hetero) is 1. The number of carbonyl (C=O) groups is 2. The lowest BCUT2D eigenvalue weighted by Gasteiger charge is -2.15. The summed E-state index contributed by atoms with van der Waals surface area (Å²) in [5.41, 5.74) is 1.30. The second kappa shape index (κ2) is 10.9. The summed E-state index contributed by atoms with van der Waals surface area (Å²) in [4.78, 5) is 43.8. The zero-order chi connectivity index (χ0) is 25.9. The predicted molar refractivity (Wildman–Crippen MR) is 144 cm³/mol. The van der Waals surface area contributed by atoms with Crippen LogP contribution in [0.3, 0.4) is 0 Å². The van der Waals surface area contributed by atoms with Gasteiger partial charge in [0.25, 0.3) is 11.5 Å². The molecule has 37 heavy (non-hydrogen) atoms. The summed E-state index contributed by atoms with van der Waals surface area (Å²) in [6, 6.07) is 17.0. The van der Waals surface area contributed by atoms with Crippen LogP contribution in [-0.2, 0) is 0 Å². The minimum Gasteiger partial charge on any atom is -0.349 e. The van der Waals surface area contributed by atoms with Crippen molar-refractivity contribution in [1.29, 1.82) is 0 Å². The highest BCUT2D eigenvalue weighted by Crippen LogP contribution is 2.24. The average molecular weight is 536 g/mol. The predicted octanol–water partition coefficient (Wildman–Crippen LogP) is 5.83. The monoisotopic (exact) mass is 535 g/mol. The van der Waals surface area contributed by atoms with Gasteiger partial charge in [-0.25, -0.2) is 9.37 Å². The number of hydrogen-bond donors (Lipinski definition) is 1. The van der Waals surface area contributed by atoms with E-state index in [1.54, 1.807) is 42.5 Å². The first-order valence-electron chi connectivity index (χ1n) is 11.9. The van der Waals surface area contributed by atoms with Crippen LogP contribution in [0, 0.1) is 5.82 Å². The molecule has 1 aliphatic carbocycles. The molecule has 9 heteroatoms. The highest BCUT2D eigenvalue weighted by Gasteiger charge is 2.20. The standard InChI is InChI=1S/C28H23ClFN3O3S/c29-19-8-5-17(6-9-19)25(34)16-37-28-32-24-15-18(26(35)31-21-3-1-2-4-21)7-14-23(24)27(36)33(28)22-12-10-20(30)11-13-22/h5-15,21H,1-4,16H2,(H,31,35). The largest absolute Gasteiger partial charge is 0.349 e. The molecule has 6 nitrogen and oxygen atoms in total. The van der Waals surface area contributed by atoms with Crippen molar-refractivity contribution in [2.45, 2.75) is 36.9 Å². The third kappa shape index (κ3) is 5.60. The molecule has 4 aromatic rings. The zero-order valence-corrected chi connectivity index (χ0v) is 21.3. The van der Waals surface area contributed by atoms with Crippen molar-refractivity contribution in [2.75, 3.05) is 5.75 Å². The summed E-state index contributed by atoms with van der Waals surface area (Å²) < 4.78 is 15.0. The second-order valence-electron chi connectivity index (χ2n) is 8.92. The van der Waals surface area contributed by atoms with E-state index in [1.807, 2.05) is 0 Å². The van der Waals surface area contributed by atoms with Crippen LogP contribution in [-0.4, -0.2) is 33.0 Å². The summed E-state index contributed by atoms with van der Waals surface area (Å²) in [5.74, 6) is -0.782. The fourth-order valence-electron chi connectivity index (χ4n) is 4.41. The number of fused-ring (bicyclic) bond motifs is 1. The zero-order valence-electron chi connectivity index (χ0n) is 19.7. The minimum absolute atomic E-state index is 0.0165. The normalized spacial score (nSPS) is 13.7. The molecule has 188 valence electrons. The summed E-state index contributed by atoms with van der Waals surface area (Å²) in [7, 11) is 0. The van der Waals surface area contributed by atoms with Crippen molar-refractivity contribution >= 4 is 46.0 Å². The summed E-state index contributed by atoms with van der Waals surface area (Å²) >= 11 is 7.02. The third-order valence-electron chi connectivity index (χ3n) is 6.37. The van der Waals surface area contributed by atoms with Crippen LogP contribution in [0.4, 0.5) is 4.39 Å². The molecule has 1 aliphatic rings. The molecule has 1 aromatic heterocycles. The Labute approximate surface area is 221 Å². The molecule has 0 bridgehead atoms. The molecule has 1 heterocycles. The van der Waals surface area contributed by atoms with Gasteiger partial charge >= 0.3 is 0 Å². The smallest absolute Gasteiger partial charge is 0.266 e. The van der Waals surface area contributed by atoms with Gasteiger partial charge in [-0.3, -0.25) is 19.0 Å². The van der Waals surface area contributed by atoms with Crippen LogP contribution in [0.5, 0.6) is 0 Å². The lowest BCUT2D eigenvalue weighted by molar-refractivity contribution is 0.0937. The molecule has 0 spiro atoms. The van der Waals surface area contributed by atoms with Crippen molar-refractivity contribution in [3.63, 3.8) is 0 Å². The Kier molecular flexibility index (Phi) is 7.39.